The number of benzene rings is 2. The molecule has 0 bridgehead atoms. The van der Waals surface area contributed by atoms with Gasteiger partial charge in [-0.05, 0) is 72.4 Å². The van der Waals surface area contributed by atoms with E-state index >= 15 is 0 Å². The molecule has 0 aliphatic heterocycles. The number of aliphatic hydroxyl groups excluding tert-OH is 2. The maximum Gasteiger partial charge on any atom is 0.0624 e. The van der Waals surface area contributed by atoms with Crippen molar-refractivity contribution in [2.45, 2.75) is 77.4 Å². The van der Waals surface area contributed by atoms with E-state index in [9.17, 15) is 10.2 Å². The molecule has 0 spiro atoms. The van der Waals surface area contributed by atoms with Crippen molar-refractivity contribution in [2.24, 2.45) is 23.7 Å². The number of aliphatic hydroxyl groups is 2. The van der Waals surface area contributed by atoms with Crippen LogP contribution in [0.25, 0.3) is 22.0 Å². The molecule has 0 amide bonds. The predicted octanol–water partition coefficient (Wildman–Crippen LogP) is 7.06. The fraction of sp³-hybridized carbons (Fsp3) is 0.516. The summed E-state index contributed by atoms with van der Waals surface area (Å²) >= 11 is 0. The van der Waals surface area contributed by atoms with Gasteiger partial charge in [0.15, 0.2) is 0 Å². The minimum atomic E-state index is -0.255. The molecule has 35 heavy (non-hydrogen) atoms. The third kappa shape index (κ3) is 6.60. The first kappa shape index (κ1) is 28.0. The summed E-state index contributed by atoms with van der Waals surface area (Å²) in [7, 11) is 0. The van der Waals surface area contributed by atoms with E-state index < -0.39 is 0 Å². The molecule has 3 nitrogen and oxygen atoms in total. The molecule has 2 aromatic carbocycles. The Bertz CT molecular complexity index is 1020. The molecule has 2 aliphatic rings. The van der Waals surface area contributed by atoms with Crippen LogP contribution in [-0.4, -0.2) is 27.4 Å². The van der Waals surface area contributed by atoms with Crippen molar-refractivity contribution < 1.29 is 30.3 Å². The third-order valence-corrected chi connectivity index (χ3v) is 8.01. The Morgan fingerprint density at radius 2 is 1.60 bits per heavy atom. The smallest absolute Gasteiger partial charge is 0.0624 e. The summed E-state index contributed by atoms with van der Waals surface area (Å²) in [5, 5.41) is 23.6. The summed E-state index contributed by atoms with van der Waals surface area (Å²) in [5.41, 5.74) is 2.04. The zero-order chi connectivity index (χ0) is 23.9. The van der Waals surface area contributed by atoms with Crippen LogP contribution in [0, 0.1) is 29.7 Å². The molecule has 2 saturated carbocycles. The van der Waals surface area contributed by atoms with Gasteiger partial charge in [-0.15, -0.1) is 35.9 Å². The molecule has 2 N–H and O–H groups in total. The van der Waals surface area contributed by atoms with Crippen molar-refractivity contribution in [3.05, 3.63) is 66.9 Å². The Labute approximate surface area is 224 Å². The summed E-state index contributed by atoms with van der Waals surface area (Å²) in [4.78, 5) is 4.45. The molecule has 6 atom stereocenters. The van der Waals surface area contributed by atoms with E-state index in [0.29, 0.717) is 17.8 Å². The topological polar surface area (TPSA) is 53.4 Å². The second-order valence-electron chi connectivity index (χ2n) is 10.2. The molecule has 1 heterocycles. The summed E-state index contributed by atoms with van der Waals surface area (Å²) in [5.74, 6) is 1.62. The molecule has 2 aliphatic carbocycles. The summed E-state index contributed by atoms with van der Waals surface area (Å²) in [6.07, 6.45) is 10.7. The molecule has 3 aromatic rings. The summed E-state index contributed by atoms with van der Waals surface area (Å²) < 4.78 is 0. The minimum absolute atomic E-state index is 0. The predicted molar refractivity (Wildman–Crippen MR) is 140 cm³/mol. The van der Waals surface area contributed by atoms with E-state index in [2.05, 4.69) is 37.0 Å². The van der Waals surface area contributed by atoms with Gasteiger partial charge in [0.25, 0.3) is 0 Å². The van der Waals surface area contributed by atoms with Gasteiger partial charge in [-0.2, -0.15) is 0 Å². The Balaban J connectivity index is 0.000000191. The molecule has 2 fully saturated rings. The monoisotopic (exact) mass is 651 g/mol. The maximum atomic E-state index is 10.6. The number of nitrogens with zero attached hydrogens (tertiary/aromatic N) is 1. The van der Waals surface area contributed by atoms with E-state index in [1.807, 2.05) is 48.7 Å². The molecule has 5 rings (SSSR count). The number of hydrogen-bond acceptors (Lipinski definition) is 3. The van der Waals surface area contributed by atoms with Gasteiger partial charge in [-0.3, -0.25) is 0 Å². The van der Waals surface area contributed by atoms with Gasteiger partial charge in [-0.1, -0.05) is 57.4 Å². The van der Waals surface area contributed by atoms with E-state index in [4.69, 9.17) is 0 Å². The third-order valence-electron chi connectivity index (χ3n) is 8.01. The van der Waals surface area contributed by atoms with Crippen molar-refractivity contribution in [1.29, 1.82) is 0 Å². The number of fused-ring (bicyclic) bond motifs is 2. The minimum Gasteiger partial charge on any atom is -0.392 e. The second-order valence-corrected chi connectivity index (χ2v) is 10.2. The normalized spacial score (nSPS) is 27.8. The number of rotatable bonds is 5. The van der Waals surface area contributed by atoms with Gasteiger partial charge in [0.1, 0.15) is 0 Å². The fourth-order valence-corrected chi connectivity index (χ4v) is 6.42. The molecular formula is C31H40IrNO2-. The van der Waals surface area contributed by atoms with Crippen molar-refractivity contribution in [1.82, 2.24) is 4.98 Å². The Morgan fingerprint density at radius 3 is 2.34 bits per heavy atom. The Morgan fingerprint density at radius 1 is 0.886 bits per heavy atom. The maximum absolute atomic E-state index is 10.6. The molecule has 4 unspecified atom stereocenters. The summed E-state index contributed by atoms with van der Waals surface area (Å²) in [6, 6.07) is 21.4. The summed E-state index contributed by atoms with van der Waals surface area (Å²) in [6.45, 7) is 4.39. The fourth-order valence-electron chi connectivity index (χ4n) is 6.42. The molecule has 0 saturated heterocycles. The first-order valence-electron chi connectivity index (χ1n) is 13.3. The van der Waals surface area contributed by atoms with Crippen LogP contribution in [-0.2, 0) is 20.1 Å². The molecule has 1 radical (unpaired) electrons. The van der Waals surface area contributed by atoms with Gasteiger partial charge in [0, 0.05) is 32.2 Å². The standard InChI is InChI=1S/C16H30O2.C15H10N.Ir/c1-3-6-11-8-5-9-12-10-13(7-4-2)16(18)14(12)15(11)17;1-2-7-13(8-3-1)15-14-9-5-4-6-12(14)10-11-16-15;/h11-18H,3-10H2,1-2H3;1-7,9-11H;/q;-1;/t11-,12?,13+,14?,15?,16?;;/m0../s1. The Kier molecular flexibility index (Phi) is 10.9. The van der Waals surface area contributed by atoms with E-state index in [1.54, 1.807) is 0 Å². The van der Waals surface area contributed by atoms with E-state index in [1.165, 1.54) is 23.6 Å². The average molecular weight is 651 g/mol. The number of aromatic nitrogens is 1. The number of hydrogen-bond donors (Lipinski definition) is 2. The van der Waals surface area contributed by atoms with Gasteiger partial charge >= 0.3 is 0 Å². The molecular weight excluding hydrogens is 611 g/mol. The van der Waals surface area contributed by atoms with Crippen LogP contribution >= 0.6 is 0 Å². The van der Waals surface area contributed by atoms with Crippen LogP contribution in [0.15, 0.2) is 60.8 Å². The first-order valence-corrected chi connectivity index (χ1v) is 13.3. The van der Waals surface area contributed by atoms with Crippen molar-refractivity contribution in [3.8, 4) is 11.3 Å². The average Bonchev–Trinajstić information content (AvgIpc) is 3.09. The van der Waals surface area contributed by atoms with Crippen molar-refractivity contribution >= 4 is 10.8 Å². The second kappa shape index (κ2) is 13.7. The zero-order valence-electron chi connectivity index (χ0n) is 21.1. The van der Waals surface area contributed by atoms with Crippen LogP contribution in [0.4, 0.5) is 0 Å². The van der Waals surface area contributed by atoms with Crippen LogP contribution in [0.5, 0.6) is 0 Å². The van der Waals surface area contributed by atoms with E-state index in [-0.39, 0.29) is 38.2 Å². The van der Waals surface area contributed by atoms with Crippen molar-refractivity contribution in [3.63, 3.8) is 0 Å². The number of pyridine rings is 1. The quantitative estimate of drug-likeness (QED) is 0.291. The molecule has 4 heteroatoms. The van der Waals surface area contributed by atoms with Gasteiger partial charge < -0.3 is 15.2 Å². The van der Waals surface area contributed by atoms with Gasteiger partial charge in [0.2, 0.25) is 0 Å². The van der Waals surface area contributed by atoms with Crippen LogP contribution in [0.3, 0.4) is 0 Å². The SMILES string of the molecule is CCC[C@H]1CCCC2C[C@@H](CCC)C(O)C2C1O.[Ir].[c-]1ccccc1-c1nccc2ccccc12. The van der Waals surface area contributed by atoms with Gasteiger partial charge in [-0.25, -0.2) is 0 Å². The molecule has 1 aromatic heterocycles. The van der Waals surface area contributed by atoms with Gasteiger partial charge in [0.05, 0.1) is 12.2 Å². The first-order chi connectivity index (χ1) is 16.6. The van der Waals surface area contributed by atoms with E-state index in [0.717, 1.165) is 49.8 Å². The largest absolute Gasteiger partial charge is 0.392 e. The Hall–Kier alpha value is -1.58. The zero-order valence-corrected chi connectivity index (χ0v) is 23.5. The van der Waals surface area contributed by atoms with Crippen LogP contribution in [0.2, 0.25) is 0 Å². The van der Waals surface area contributed by atoms with Crippen molar-refractivity contribution in [2.75, 3.05) is 0 Å². The van der Waals surface area contributed by atoms with Crippen LogP contribution < -0.4 is 0 Å². The van der Waals surface area contributed by atoms with Crippen LogP contribution in [0.1, 0.15) is 65.2 Å². The molecule has 191 valence electrons.